The van der Waals surface area contributed by atoms with Gasteiger partial charge in [-0.25, -0.2) is 4.79 Å². The highest BCUT2D eigenvalue weighted by Crippen LogP contribution is 2.34. The number of alkyl halides is 3. The van der Waals surface area contributed by atoms with Gasteiger partial charge in [-0.3, -0.25) is 14.9 Å². The third kappa shape index (κ3) is 9.06. The van der Waals surface area contributed by atoms with Crippen molar-refractivity contribution < 1.29 is 41.9 Å². The Morgan fingerprint density at radius 1 is 1.06 bits per heavy atom. The number of alkyl carbamates (subject to hydrolysis) is 1. The molecule has 0 aliphatic heterocycles. The van der Waals surface area contributed by atoms with Crippen molar-refractivity contribution in [2.45, 2.75) is 38.7 Å². The summed E-state index contributed by atoms with van der Waals surface area (Å²) in [6.45, 7) is 3.12. The van der Waals surface area contributed by atoms with Gasteiger partial charge < -0.3 is 24.8 Å². The highest BCUT2D eigenvalue weighted by molar-refractivity contribution is 5.81. The Hall–Kier alpha value is -2.93. The van der Waals surface area contributed by atoms with Crippen molar-refractivity contribution in [2.75, 3.05) is 32.9 Å². The van der Waals surface area contributed by atoms with Crippen LogP contribution < -0.4 is 10.6 Å². The van der Waals surface area contributed by atoms with Gasteiger partial charge in [-0.05, 0) is 32.8 Å². The molecule has 0 saturated heterocycles. The van der Waals surface area contributed by atoms with Crippen LogP contribution in [0.1, 0.15) is 32.3 Å². The van der Waals surface area contributed by atoms with E-state index in [2.05, 4.69) is 5.32 Å². The van der Waals surface area contributed by atoms with E-state index in [0.717, 1.165) is 0 Å². The van der Waals surface area contributed by atoms with E-state index in [4.69, 9.17) is 14.2 Å². The molecule has 0 spiro atoms. The van der Waals surface area contributed by atoms with Gasteiger partial charge in [0.05, 0.1) is 30.3 Å². The molecular weight excluding hydrogens is 439 g/mol. The zero-order valence-corrected chi connectivity index (χ0v) is 17.7. The van der Waals surface area contributed by atoms with Crippen LogP contribution in [-0.2, 0) is 24.8 Å². The van der Waals surface area contributed by atoms with E-state index in [1.54, 1.807) is 18.3 Å². The highest BCUT2D eigenvalue weighted by atomic mass is 19.4. The van der Waals surface area contributed by atoms with Gasteiger partial charge >= 0.3 is 18.2 Å². The van der Waals surface area contributed by atoms with Crippen molar-refractivity contribution in [3.8, 4) is 0 Å². The standard InChI is InChI=1S/C19H26F3N3O7/c1-3-30-17(27)24-11-7-13-32-18(2,14-8-4-5-9-15(14)25(28)29)31-12-6-10-23-16(26)19(20,21)22/h4-5,8-9H,3,6-7,10-13H2,1-2H3,(H,23,26)(H,24,27). The fourth-order valence-corrected chi connectivity index (χ4v) is 2.57. The molecule has 1 aromatic rings. The first-order chi connectivity index (χ1) is 15.0. The second-order valence-corrected chi connectivity index (χ2v) is 6.52. The molecule has 1 rings (SSSR count). The van der Waals surface area contributed by atoms with Crippen molar-refractivity contribution in [3.05, 3.63) is 39.9 Å². The summed E-state index contributed by atoms with van der Waals surface area (Å²) < 4.78 is 52.8. The average molecular weight is 465 g/mol. The Kier molecular flexibility index (Phi) is 10.9. The number of nitro groups is 1. The Bertz CT molecular complexity index is 777. The van der Waals surface area contributed by atoms with Gasteiger partial charge in [-0.2, -0.15) is 13.2 Å². The van der Waals surface area contributed by atoms with E-state index in [9.17, 15) is 32.9 Å². The lowest BCUT2D eigenvalue weighted by Gasteiger charge is -2.30. The largest absolute Gasteiger partial charge is 0.471 e. The molecule has 0 fully saturated rings. The summed E-state index contributed by atoms with van der Waals surface area (Å²) in [6, 6.07) is 5.74. The number of nitrogens with one attached hydrogen (secondary N) is 2. The van der Waals surface area contributed by atoms with E-state index in [-0.39, 0.29) is 50.6 Å². The number of amides is 2. The van der Waals surface area contributed by atoms with E-state index in [1.165, 1.54) is 25.1 Å². The van der Waals surface area contributed by atoms with Crippen LogP contribution in [0.3, 0.4) is 0 Å². The molecule has 0 aliphatic rings. The lowest BCUT2D eigenvalue weighted by atomic mass is 10.0. The molecule has 0 saturated carbocycles. The molecule has 32 heavy (non-hydrogen) atoms. The molecule has 1 atom stereocenters. The summed E-state index contributed by atoms with van der Waals surface area (Å²) in [5, 5.41) is 15.6. The summed E-state index contributed by atoms with van der Waals surface area (Å²) in [7, 11) is 0. The predicted molar refractivity (Wildman–Crippen MR) is 106 cm³/mol. The number of hydrogen-bond acceptors (Lipinski definition) is 7. The molecule has 0 aromatic heterocycles. The third-order valence-corrected chi connectivity index (χ3v) is 4.08. The van der Waals surface area contributed by atoms with Crippen molar-refractivity contribution in [3.63, 3.8) is 0 Å². The van der Waals surface area contributed by atoms with Crippen LogP contribution in [0, 0.1) is 10.1 Å². The van der Waals surface area contributed by atoms with Crippen LogP contribution in [0.25, 0.3) is 0 Å². The number of hydrogen-bond donors (Lipinski definition) is 2. The molecule has 1 unspecified atom stereocenters. The number of benzene rings is 1. The van der Waals surface area contributed by atoms with Crippen LogP contribution in [0.2, 0.25) is 0 Å². The topological polar surface area (TPSA) is 129 Å². The maximum atomic E-state index is 12.2. The first-order valence-electron chi connectivity index (χ1n) is 9.78. The minimum atomic E-state index is -4.99. The summed E-state index contributed by atoms with van der Waals surface area (Å²) in [5.41, 5.74) is -0.146. The quantitative estimate of drug-likeness (QED) is 0.198. The van der Waals surface area contributed by atoms with E-state index in [0.29, 0.717) is 6.42 Å². The number of nitrogens with zero attached hydrogens (tertiary/aromatic N) is 1. The molecule has 2 N–H and O–H groups in total. The molecular formula is C19H26F3N3O7. The minimum absolute atomic E-state index is 0.00577. The molecule has 0 radical (unpaired) electrons. The SMILES string of the molecule is CCOC(=O)NCCCOC(C)(OCCCNC(=O)C(F)(F)F)c1ccccc1[N+](=O)[O-]. The zero-order chi connectivity index (χ0) is 24.2. The molecule has 13 heteroatoms. The molecule has 1 aromatic carbocycles. The van der Waals surface area contributed by atoms with Crippen LogP contribution in [-0.4, -0.2) is 56.0 Å². The number of ether oxygens (including phenoxy) is 3. The van der Waals surface area contributed by atoms with Gasteiger partial charge in [-0.1, -0.05) is 12.1 Å². The molecule has 180 valence electrons. The zero-order valence-electron chi connectivity index (χ0n) is 17.7. The van der Waals surface area contributed by atoms with E-state index < -0.39 is 28.9 Å². The van der Waals surface area contributed by atoms with Gasteiger partial charge in [0.25, 0.3) is 5.69 Å². The second-order valence-electron chi connectivity index (χ2n) is 6.52. The smallest absolute Gasteiger partial charge is 0.450 e. The predicted octanol–water partition coefficient (Wildman–Crippen LogP) is 3.01. The van der Waals surface area contributed by atoms with Gasteiger partial charge in [0, 0.05) is 19.2 Å². The van der Waals surface area contributed by atoms with Crippen molar-refractivity contribution in [2.24, 2.45) is 0 Å². The highest BCUT2D eigenvalue weighted by Gasteiger charge is 2.38. The maximum absolute atomic E-state index is 12.2. The van der Waals surface area contributed by atoms with Crippen molar-refractivity contribution in [1.29, 1.82) is 0 Å². The van der Waals surface area contributed by atoms with Crippen LogP contribution in [0.4, 0.5) is 23.7 Å². The Morgan fingerprint density at radius 2 is 1.62 bits per heavy atom. The number of halogens is 3. The van der Waals surface area contributed by atoms with Crippen molar-refractivity contribution in [1.82, 2.24) is 10.6 Å². The normalized spacial score (nSPS) is 13.2. The van der Waals surface area contributed by atoms with Gasteiger partial charge in [0.2, 0.25) is 0 Å². The summed E-state index contributed by atoms with van der Waals surface area (Å²) in [5.74, 6) is -3.66. The fourth-order valence-electron chi connectivity index (χ4n) is 2.57. The molecule has 10 nitrogen and oxygen atoms in total. The molecule has 0 bridgehead atoms. The number of nitro benzene ring substituents is 1. The Morgan fingerprint density at radius 3 is 2.16 bits per heavy atom. The lowest BCUT2D eigenvalue weighted by Crippen LogP contribution is -2.38. The fraction of sp³-hybridized carbons (Fsp3) is 0.579. The number of carbonyl (C=O) groups is 2. The maximum Gasteiger partial charge on any atom is 0.471 e. The van der Waals surface area contributed by atoms with Gasteiger partial charge in [0.15, 0.2) is 5.79 Å². The van der Waals surface area contributed by atoms with E-state index >= 15 is 0 Å². The molecule has 0 heterocycles. The van der Waals surface area contributed by atoms with Crippen LogP contribution >= 0.6 is 0 Å². The van der Waals surface area contributed by atoms with Crippen LogP contribution in [0.15, 0.2) is 24.3 Å². The average Bonchev–Trinajstić information content (AvgIpc) is 2.72. The summed E-state index contributed by atoms with van der Waals surface area (Å²) in [6.07, 6.45) is -5.24. The first-order valence-corrected chi connectivity index (χ1v) is 9.78. The summed E-state index contributed by atoms with van der Waals surface area (Å²) >= 11 is 0. The van der Waals surface area contributed by atoms with Crippen molar-refractivity contribution >= 4 is 17.7 Å². The second kappa shape index (κ2) is 12.8. The van der Waals surface area contributed by atoms with Gasteiger partial charge in [-0.15, -0.1) is 0 Å². The number of rotatable bonds is 13. The number of para-hydroxylation sites is 1. The third-order valence-electron chi connectivity index (χ3n) is 4.08. The molecule has 0 aliphatic carbocycles. The monoisotopic (exact) mass is 465 g/mol. The van der Waals surface area contributed by atoms with Gasteiger partial charge in [0.1, 0.15) is 0 Å². The Labute approximate surface area is 182 Å². The lowest BCUT2D eigenvalue weighted by molar-refractivity contribution is -0.389. The first kappa shape index (κ1) is 27.1. The molecule has 2 amide bonds. The van der Waals surface area contributed by atoms with Crippen LogP contribution in [0.5, 0.6) is 0 Å². The number of carbonyl (C=O) groups excluding carboxylic acids is 2. The Balaban J connectivity index is 2.74. The minimum Gasteiger partial charge on any atom is -0.450 e. The van der Waals surface area contributed by atoms with E-state index in [1.807, 2.05) is 0 Å². The summed E-state index contributed by atoms with van der Waals surface area (Å²) in [4.78, 5) is 32.9.